The SMILES string of the molecule is Cc1c(C)c2ccc(OCCC(C)N)c(C)c2oc1=O. The van der Waals surface area contributed by atoms with Crippen molar-refractivity contribution >= 4 is 11.0 Å². The first-order chi connectivity index (χ1) is 9.41. The lowest BCUT2D eigenvalue weighted by Gasteiger charge is -2.13. The standard InChI is InChI=1S/C16H21NO3/c1-9(17)7-8-19-14-6-5-13-10(2)11(3)16(18)20-15(13)12(14)4/h5-6,9H,7-8,17H2,1-4H3. The molecule has 2 rings (SSSR count). The monoisotopic (exact) mass is 275 g/mol. The molecule has 0 amide bonds. The third-order valence-corrected chi connectivity index (χ3v) is 3.65. The van der Waals surface area contributed by atoms with Gasteiger partial charge in [-0.05, 0) is 51.8 Å². The van der Waals surface area contributed by atoms with Gasteiger partial charge in [0, 0.05) is 22.6 Å². The number of hydrogen-bond acceptors (Lipinski definition) is 4. The maximum absolute atomic E-state index is 11.8. The molecule has 108 valence electrons. The average molecular weight is 275 g/mol. The summed E-state index contributed by atoms with van der Waals surface area (Å²) in [6.45, 7) is 8.12. The molecule has 0 radical (unpaired) electrons. The average Bonchev–Trinajstić information content (AvgIpc) is 2.39. The van der Waals surface area contributed by atoms with Crippen molar-refractivity contribution in [3.05, 3.63) is 39.2 Å². The minimum Gasteiger partial charge on any atom is -0.493 e. The molecule has 0 saturated heterocycles. The maximum Gasteiger partial charge on any atom is 0.339 e. The lowest BCUT2D eigenvalue weighted by Crippen LogP contribution is -2.18. The van der Waals surface area contributed by atoms with Crippen molar-refractivity contribution in [2.45, 2.75) is 40.2 Å². The normalized spacial score (nSPS) is 12.7. The smallest absolute Gasteiger partial charge is 0.339 e. The van der Waals surface area contributed by atoms with Crippen molar-refractivity contribution < 1.29 is 9.15 Å². The lowest BCUT2D eigenvalue weighted by atomic mass is 10.0. The van der Waals surface area contributed by atoms with Gasteiger partial charge in [-0.2, -0.15) is 0 Å². The molecule has 1 heterocycles. The van der Waals surface area contributed by atoms with Crippen LogP contribution in [-0.2, 0) is 0 Å². The Kier molecular flexibility index (Phi) is 4.14. The van der Waals surface area contributed by atoms with Gasteiger partial charge in [-0.3, -0.25) is 0 Å². The zero-order valence-electron chi connectivity index (χ0n) is 12.4. The zero-order chi connectivity index (χ0) is 14.9. The number of nitrogens with two attached hydrogens (primary N) is 1. The van der Waals surface area contributed by atoms with Crippen molar-refractivity contribution in [3.8, 4) is 5.75 Å². The van der Waals surface area contributed by atoms with Crippen LogP contribution in [0, 0.1) is 20.8 Å². The fraction of sp³-hybridized carbons (Fsp3) is 0.438. The molecule has 0 aliphatic heterocycles. The van der Waals surface area contributed by atoms with E-state index >= 15 is 0 Å². The van der Waals surface area contributed by atoms with E-state index in [9.17, 15) is 4.79 Å². The Morgan fingerprint density at radius 1 is 1.20 bits per heavy atom. The second-order valence-corrected chi connectivity index (χ2v) is 5.32. The molecule has 0 bridgehead atoms. The van der Waals surface area contributed by atoms with Gasteiger partial charge in [-0.1, -0.05) is 0 Å². The van der Waals surface area contributed by atoms with Crippen molar-refractivity contribution in [2.75, 3.05) is 6.61 Å². The van der Waals surface area contributed by atoms with E-state index in [1.807, 2.05) is 32.9 Å². The number of hydrogen-bond donors (Lipinski definition) is 1. The van der Waals surface area contributed by atoms with Crippen LogP contribution >= 0.6 is 0 Å². The van der Waals surface area contributed by atoms with E-state index in [0.29, 0.717) is 17.8 Å². The summed E-state index contributed by atoms with van der Waals surface area (Å²) in [5.74, 6) is 0.740. The zero-order valence-corrected chi connectivity index (χ0v) is 12.4. The Morgan fingerprint density at radius 2 is 1.90 bits per heavy atom. The number of benzene rings is 1. The summed E-state index contributed by atoms with van der Waals surface area (Å²) in [4.78, 5) is 11.8. The van der Waals surface area contributed by atoms with Crippen LogP contribution in [0.25, 0.3) is 11.0 Å². The number of ether oxygens (including phenoxy) is 1. The van der Waals surface area contributed by atoms with E-state index in [1.54, 1.807) is 6.92 Å². The van der Waals surface area contributed by atoms with Crippen molar-refractivity contribution in [1.82, 2.24) is 0 Å². The van der Waals surface area contributed by atoms with E-state index in [4.69, 9.17) is 14.9 Å². The van der Waals surface area contributed by atoms with E-state index in [2.05, 4.69) is 0 Å². The first-order valence-corrected chi connectivity index (χ1v) is 6.83. The molecule has 4 nitrogen and oxygen atoms in total. The Labute approximate surface area is 118 Å². The molecule has 0 saturated carbocycles. The molecule has 1 aromatic heterocycles. The molecule has 2 aromatic rings. The molecule has 1 unspecified atom stereocenters. The third-order valence-electron chi connectivity index (χ3n) is 3.65. The second-order valence-electron chi connectivity index (χ2n) is 5.32. The topological polar surface area (TPSA) is 65.5 Å². The fourth-order valence-electron chi connectivity index (χ4n) is 2.14. The molecular formula is C16H21NO3. The van der Waals surface area contributed by atoms with E-state index in [-0.39, 0.29) is 11.7 Å². The van der Waals surface area contributed by atoms with Crippen molar-refractivity contribution in [3.63, 3.8) is 0 Å². The van der Waals surface area contributed by atoms with Crippen LogP contribution in [-0.4, -0.2) is 12.6 Å². The van der Waals surface area contributed by atoms with Crippen LogP contribution in [0.15, 0.2) is 21.3 Å². The van der Waals surface area contributed by atoms with Gasteiger partial charge < -0.3 is 14.9 Å². The van der Waals surface area contributed by atoms with Crippen LogP contribution in [0.4, 0.5) is 0 Å². The Bertz CT molecular complexity index is 686. The van der Waals surface area contributed by atoms with Gasteiger partial charge in [0.2, 0.25) is 0 Å². The molecule has 1 atom stereocenters. The molecule has 1 aromatic carbocycles. The lowest BCUT2D eigenvalue weighted by molar-refractivity contribution is 0.299. The summed E-state index contributed by atoms with van der Waals surface area (Å²) in [6.07, 6.45) is 0.786. The molecule has 0 spiro atoms. The van der Waals surface area contributed by atoms with Gasteiger partial charge in [0.05, 0.1) is 6.61 Å². The first-order valence-electron chi connectivity index (χ1n) is 6.83. The number of fused-ring (bicyclic) bond motifs is 1. The Hall–Kier alpha value is -1.81. The summed E-state index contributed by atoms with van der Waals surface area (Å²) in [7, 11) is 0. The quantitative estimate of drug-likeness (QED) is 0.871. The van der Waals surface area contributed by atoms with Crippen molar-refractivity contribution in [1.29, 1.82) is 0 Å². The Morgan fingerprint density at radius 3 is 2.55 bits per heavy atom. The highest BCUT2D eigenvalue weighted by molar-refractivity contribution is 5.85. The highest BCUT2D eigenvalue weighted by Gasteiger charge is 2.12. The van der Waals surface area contributed by atoms with Crippen LogP contribution in [0.5, 0.6) is 5.75 Å². The summed E-state index contributed by atoms with van der Waals surface area (Å²) < 4.78 is 11.1. The number of aryl methyl sites for hydroxylation is 2. The molecule has 0 fully saturated rings. The number of rotatable bonds is 4. The van der Waals surface area contributed by atoms with Gasteiger partial charge in [-0.25, -0.2) is 4.79 Å². The summed E-state index contributed by atoms with van der Waals surface area (Å²) in [5.41, 5.74) is 8.49. The second kappa shape index (κ2) is 5.67. The molecule has 4 heteroatoms. The summed E-state index contributed by atoms with van der Waals surface area (Å²) >= 11 is 0. The van der Waals surface area contributed by atoms with Gasteiger partial charge >= 0.3 is 5.63 Å². The molecule has 0 aliphatic carbocycles. The van der Waals surface area contributed by atoms with Gasteiger partial charge in [-0.15, -0.1) is 0 Å². The largest absolute Gasteiger partial charge is 0.493 e. The molecule has 20 heavy (non-hydrogen) atoms. The van der Waals surface area contributed by atoms with Crippen LogP contribution < -0.4 is 16.1 Å². The van der Waals surface area contributed by atoms with Crippen LogP contribution in [0.1, 0.15) is 30.0 Å². The van der Waals surface area contributed by atoms with Crippen molar-refractivity contribution in [2.24, 2.45) is 5.73 Å². The fourth-order valence-corrected chi connectivity index (χ4v) is 2.14. The van der Waals surface area contributed by atoms with Gasteiger partial charge in [0.15, 0.2) is 0 Å². The molecule has 2 N–H and O–H groups in total. The predicted octanol–water partition coefficient (Wildman–Crippen LogP) is 2.83. The van der Waals surface area contributed by atoms with Gasteiger partial charge in [0.1, 0.15) is 11.3 Å². The van der Waals surface area contributed by atoms with E-state index in [1.165, 1.54) is 0 Å². The van der Waals surface area contributed by atoms with E-state index in [0.717, 1.165) is 28.7 Å². The van der Waals surface area contributed by atoms with Crippen LogP contribution in [0.3, 0.4) is 0 Å². The summed E-state index contributed by atoms with van der Waals surface area (Å²) in [5, 5.41) is 0.958. The highest BCUT2D eigenvalue weighted by atomic mass is 16.5. The molecule has 0 aliphatic rings. The maximum atomic E-state index is 11.8. The Balaban J connectivity index is 2.43. The third kappa shape index (κ3) is 2.70. The molecular weight excluding hydrogens is 254 g/mol. The summed E-state index contributed by atoms with van der Waals surface area (Å²) in [6, 6.07) is 3.97. The highest BCUT2D eigenvalue weighted by Crippen LogP contribution is 2.29. The van der Waals surface area contributed by atoms with Gasteiger partial charge in [0.25, 0.3) is 0 Å². The minimum absolute atomic E-state index is 0.110. The van der Waals surface area contributed by atoms with E-state index < -0.39 is 0 Å². The predicted molar refractivity (Wildman–Crippen MR) is 80.5 cm³/mol. The first kappa shape index (κ1) is 14.6. The van der Waals surface area contributed by atoms with Crippen LogP contribution in [0.2, 0.25) is 0 Å². The minimum atomic E-state index is -0.286.